The van der Waals surface area contributed by atoms with Crippen LogP contribution in [-0.2, 0) is 22.4 Å². The summed E-state index contributed by atoms with van der Waals surface area (Å²) in [6.07, 6.45) is 1.00. The van der Waals surface area contributed by atoms with Gasteiger partial charge in [0.2, 0.25) is 11.8 Å². The molecule has 0 N–H and O–H groups in total. The van der Waals surface area contributed by atoms with E-state index in [-0.39, 0.29) is 17.7 Å². The fourth-order valence-corrected chi connectivity index (χ4v) is 4.81. The monoisotopic (exact) mass is 418 g/mol. The highest BCUT2D eigenvalue weighted by Gasteiger charge is 2.31. The molecule has 0 spiro atoms. The van der Waals surface area contributed by atoms with E-state index >= 15 is 0 Å². The number of benzene rings is 2. The van der Waals surface area contributed by atoms with E-state index in [1.165, 1.54) is 10.4 Å². The van der Waals surface area contributed by atoms with E-state index < -0.39 is 0 Å². The molecular formula is C25H26N2O2S. The van der Waals surface area contributed by atoms with E-state index in [9.17, 15) is 9.59 Å². The molecule has 1 unspecified atom stereocenters. The van der Waals surface area contributed by atoms with Gasteiger partial charge in [0, 0.05) is 31.6 Å². The molecule has 4 nitrogen and oxygen atoms in total. The van der Waals surface area contributed by atoms with E-state index in [0.29, 0.717) is 32.5 Å². The molecule has 2 aromatic carbocycles. The van der Waals surface area contributed by atoms with Gasteiger partial charge in [-0.15, -0.1) is 11.3 Å². The molecule has 3 aromatic rings. The molecule has 5 heteroatoms. The Bertz CT molecular complexity index is 1000. The van der Waals surface area contributed by atoms with Gasteiger partial charge in [0.25, 0.3) is 0 Å². The molecule has 0 bridgehead atoms. The molecule has 0 aliphatic carbocycles. The smallest absolute Gasteiger partial charge is 0.227 e. The zero-order valence-corrected chi connectivity index (χ0v) is 18.0. The van der Waals surface area contributed by atoms with Crippen molar-refractivity contribution < 1.29 is 9.59 Å². The minimum absolute atomic E-state index is 0.0841. The van der Waals surface area contributed by atoms with E-state index in [4.69, 9.17) is 0 Å². The molecule has 1 aliphatic heterocycles. The largest absolute Gasteiger partial charge is 0.344 e. The van der Waals surface area contributed by atoms with Gasteiger partial charge < -0.3 is 9.80 Å². The number of nitrogens with zero attached hydrogens (tertiary/aromatic N) is 2. The zero-order chi connectivity index (χ0) is 20.9. The lowest BCUT2D eigenvalue weighted by molar-refractivity contribution is -0.133. The Labute approximate surface area is 181 Å². The number of amides is 2. The Balaban J connectivity index is 1.54. The Morgan fingerprint density at radius 2 is 1.77 bits per heavy atom. The number of rotatable bonds is 5. The van der Waals surface area contributed by atoms with Gasteiger partial charge in [-0.25, -0.2) is 0 Å². The first-order chi connectivity index (χ1) is 14.6. The maximum absolute atomic E-state index is 13.1. The average Bonchev–Trinajstić information content (AvgIpc) is 3.26. The van der Waals surface area contributed by atoms with Crippen molar-refractivity contribution in [3.8, 4) is 10.4 Å². The minimum atomic E-state index is -0.238. The molecular weight excluding hydrogens is 392 g/mol. The molecule has 1 aromatic heterocycles. The van der Waals surface area contributed by atoms with Crippen LogP contribution in [0.3, 0.4) is 0 Å². The molecule has 1 fully saturated rings. The molecule has 154 valence electrons. The number of hydrogen-bond acceptors (Lipinski definition) is 3. The van der Waals surface area contributed by atoms with Crippen molar-refractivity contribution in [1.29, 1.82) is 0 Å². The summed E-state index contributed by atoms with van der Waals surface area (Å²) in [7, 11) is 1.84. The van der Waals surface area contributed by atoms with Gasteiger partial charge in [-0.3, -0.25) is 9.59 Å². The predicted octanol–water partition coefficient (Wildman–Crippen LogP) is 4.12. The quantitative estimate of drug-likeness (QED) is 0.625. The minimum Gasteiger partial charge on any atom is -0.344 e. The summed E-state index contributed by atoms with van der Waals surface area (Å²) >= 11 is 1.70. The van der Waals surface area contributed by atoms with E-state index in [0.717, 1.165) is 11.1 Å². The lowest BCUT2D eigenvalue weighted by atomic mass is 9.93. The van der Waals surface area contributed by atoms with Gasteiger partial charge >= 0.3 is 0 Å². The summed E-state index contributed by atoms with van der Waals surface area (Å²) < 4.78 is 0. The fourth-order valence-electron chi connectivity index (χ4n) is 4.02. The summed E-state index contributed by atoms with van der Waals surface area (Å²) in [5, 5.41) is 2.07. The number of carbonyl (C=O) groups excluding carboxylic acids is 2. The second-order valence-electron chi connectivity index (χ2n) is 7.80. The van der Waals surface area contributed by atoms with Crippen LogP contribution < -0.4 is 0 Å². The van der Waals surface area contributed by atoms with Crippen LogP contribution in [0.15, 0.2) is 72.1 Å². The predicted molar refractivity (Wildman–Crippen MR) is 121 cm³/mol. The highest BCUT2D eigenvalue weighted by atomic mass is 32.1. The summed E-state index contributed by atoms with van der Waals surface area (Å²) in [6, 6.07) is 22.2. The van der Waals surface area contributed by atoms with Crippen LogP contribution in [0, 0.1) is 5.92 Å². The van der Waals surface area contributed by atoms with Crippen LogP contribution in [0.1, 0.15) is 11.1 Å². The van der Waals surface area contributed by atoms with Crippen molar-refractivity contribution in [3.05, 3.63) is 83.2 Å². The number of likely N-dealkylation sites (N-methyl/N-ethyl adjacent to an activating group) is 1. The van der Waals surface area contributed by atoms with Crippen LogP contribution in [0.4, 0.5) is 0 Å². The molecule has 1 saturated heterocycles. The van der Waals surface area contributed by atoms with E-state index in [1.807, 2.05) is 60.5 Å². The third-order valence-electron chi connectivity index (χ3n) is 5.69. The van der Waals surface area contributed by atoms with Gasteiger partial charge in [0.15, 0.2) is 0 Å². The second kappa shape index (κ2) is 9.26. The third-order valence-corrected chi connectivity index (χ3v) is 6.60. The Morgan fingerprint density at radius 3 is 2.53 bits per heavy atom. The van der Waals surface area contributed by atoms with Crippen LogP contribution >= 0.6 is 11.3 Å². The first-order valence-corrected chi connectivity index (χ1v) is 11.2. The molecule has 30 heavy (non-hydrogen) atoms. The van der Waals surface area contributed by atoms with Crippen molar-refractivity contribution in [3.63, 3.8) is 0 Å². The topological polar surface area (TPSA) is 40.6 Å². The molecule has 1 aliphatic rings. The van der Waals surface area contributed by atoms with Gasteiger partial charge in [0.1, 0.15) is 0 Å². The average molecular weight is 419 g/mol. The Hall–Kier alpha value is -2.92. The number of thiophene rings is 1. The maximum Gasteiger partial charge on any atom is 0.227 e. The zero-order valence-electron chi connectivity index (χ0n) is 17.2. The molecule has 2 heterocycles. The van der Waals surface area contributed by atoms with Crippen molar-refractivity contribution in [2.45, 2.75) is 12.8 Å². The molecule has 0 saturated carbocycles. The van der Waals surface area contributed by atoms with Crippen LogP contribution in [0.2, 0.25) is 0 Å². The summed E-state index contributed by atoms with van der Waals surface area (Å²) in [6.45, 7) is 1.62. The van der Waals surface area contributed by atoms with E-state index in [1.54, 1.807) is 16.2 Å². The van der Waals surface area contributed by atoms with Gasteiger partial charge in [-0.05, 0) is 34.6 Å². The third kappa shape index (κ3) is 4.62. The lowest BCUT2D eigenvalue weighted by Gasteiger charge is -2.24. The summed E-state index contributed by atoms with van der Waals surface area (Å²) in [4.78, 5) is 30.9. The van der Waals surface area contributed by atoms with Crippen molar-refractivity contribution in [1.82, 2.24) is 9.80 Å². The first-order valence-electron chi connectivity index (χ1n) is 10.3. The SMILES string of the molecule is CN1CCN(C(=O)Cc2ccccc2)CC(Cc2ccccc2-c2cccs2)C1=O. The molecule has 4 rings (SSSR count). The maximum atomic E-state index is 13.1. The molecule has 1 atom stereocenters. The lowest BCUT2D eigenvalue weighted by Crippen LogP contribution is -2.38. The fraction of sp³-hybridized carbons (Fsp3) is 0.280. The number of hydrogen-bond donors (Lipinski definition) is 0. The normalized spacial score (nSPS) is 17.1. The van der Waals surface area contributed by atoms with Crippen molar-refractivity contribution in [2.75, 3.05) is 26.7 Å². The van der Waals surface area contributed by atoms with Crippen molar-refractivity contribution in [2.24, 2.45) is 5.92 Å². The van der Waals surface area contributed by atoms with Crippen molar-refractivity contribution >= 4 is 23.2 Å². The highest BCUT2D eigenvalue weighted by Crippen LogP contribution is 2.30. The van der Waals surface area contributed by atoms with Gasteiger partial charge in [-0.2, -0.15) is 0 Å². The Kier molecular flexibility index (Phi) is 6.29. The van der Waals surface area contributed by atoms with Gasteiger partial charge in [-0.1, -0.05) is 60.7 Å². The molecule has 0 radical (unpaired) electrons. The van der Waals surface area contributed by atoms with Gasteiger partial charge in [0.05, 0.1) is 12.3 Å². The van der Waals surface area contributed by atoms with Crippen LogP contribution in [0.5, 0.6) is 0 Å². The van der Waals surface area contributed by atoms with Crippen LogP contribution in [-0.4, -0.2) is 48.3 Å². The summed E-state index contributed by atoms with van der Waals surface area (Å²) in [5.74, 6) is -0.0369. The molecule has 2 amide bonds. The van der Waals surface area contributed by atoms with E-state index in [2.05, 4.69) is 23.6 Å². The number of carbonyl (C=O) groups is 2. The standard InChI is InChI=1S/C25H26N2O2S/c1-26-13-14-27(24(28)16-19-8-3-2-4-9-19)18-21(25(26)29)17-20-10-5-6-11-22(20)23-12-7-15-30-23/h2-12,15,21H,13-14,16-18H2,1H3. The second-order valence-corrected chi connectivity index (χ2v) is 8.75. The summed E-state index contributed by atoms with van der Waals surface area (Å²) in [5.41, 5.74) is 3.34. The Morgan fingerprint density at radius 1 is 1.00 bits per heavy atom. The first kappa shape index (κ1) is 20.4. The highest BCUT2D eigenvalue weighted by molar-refractivity contribution is 7.13. The van der Waals surface area contributed by atoms with Crippen LogP contribution in [0.25, 0.3) is 10.4 Å².